The average Bonchev–Trinajstić information content (AvgIpc) is 2.69. The Labute approximate surface area is 160 Å². The number of piperidine rings is 1. The first-order valence-corrected chi connectivity index (χ1v) is 9.66. The standard InChI is InChI=1S/C21H26N4O2/c1-15(2)24-19(26)18-14-21(16-6-3-4-7-17(16)27-18)8-12-25(13-9-21)20-22-10-5-11-23-20/h3-7,10-11,15,18H,8-9,12-14H2,1-2H3,(H,24,26). The van der Waals surface area contributed by atoms with Crippen LogP contribution in [-0.2, 0) is 10.2 Å². The van der Waals surface area contributed by atoms with E-state index < -0.39 is 6.10 Å². The molecule has 0 aliphatic carbocycles. The molecule has 0 saturated carbocycles. The molecule has 1 unspecified atom stereocenters. The highest BCUT2D eigenvalue weighted by atomic mass is 16.5. The monoisotopic (exact) mass is 366 g/mol. The smallest absolute Gasteiger partial charge is 0.261 e. The number of rotatable bonds is 3. The number of para-hydroxylation sites is 1. The lowest BCUT2D eigenvalue weighted by atomic mass is 9.67. The Hall–Kier alpha value is -2.63. The number of hydrogen-bond donors (Lipinski definition) is 1. The van der Waals surface area contributed by atoms with Crippen molar-refractivity contribution in [3.05, 3.63) is 48.3 Å². The molecule has 1 aromatic carbocycles. The highest BCUT2D eigenvalue weighted by Gasteiger charge is 2.45. The zero-order valence-corrected chi connectivity index (χ0v) is 15.9. The summed E-state index contributed by atoms with van der Waals surface area (Å²) in [7, 11) is 0. The molecule has 1 atom stereocenters. The Bertz CT molecular complexity index is 801. The SMILES string of the molecule is CC(C)NC(=O)C1CC2(CCN(c3ncccn3)CC2)c2ccccc2O1. The first-order chi connectivity index (χ1) is 13.1. The first-order valence-electron chi connectivity index (χ1n) is 9.66. The van der Waals surface area contributed by atoms with Crippen LogP contribution in [0.2, 0.25) is 0 Å². The second-order valence-corrected chi connectivity index (χ2v) is 7.79. The van der Waals surface area contributed by atoms with E-state index in [1.54, 1.807) is 12.4 Å². The van der Waals surface area contributed by atoms with Gasteiger partial charge in [0.25, 0.3) is 5.91 Å². The van der Waals surface area contributed by atoms with E-state index >= 15 is 0 Å². The van der Waals surface area contributed by atoms with Crippen LogP contribution in [0.1, 0.15) is 38.7 Å². The Balaban J connectivity index is 1.58. The second kappa shape index (κ2) is 7.18. The zero-order valence-electron chi connectivity index (χ0n) is 15.9. The maximum absolute atomic E-state index is 12.7. The van der Waals surface area contributed by atoms with Gasteiger partial charge < -0.3 is 15.0 Å². The molecule has 142 valence electrons. The number of anilines is 1. The second-order valence-electron chi connectivity index (χ2n) is 7.79. The fourth-order valence-corrected chi connectivity index (χ4v) is 4.25. The Morgan fingerprint density at radius 3 is 2.59 bits per heavy atom. The van der Waals surface area contributed by atoms with Crippen LogP contribution in [0.3, 0.4) is 0 Å². The molecule has 1 saturated heterocycles. The lowest BCUT2D eigenvalue weighted by Gasteiger charge is -2.47. The highest BCUT2D eigenvalue weighted by Crippen LogP contribution is 2.47. The van der Waals surface area contributed by atoms with E-state index in [0.29, 0.717) is 6.42 Å². The lowest BCUT2D eigenvalue weighted by molar-refractivity contribution is -0.130. The van der Waals surface area contributed by atoms with Crippen molar-refractivity contribution in [3.63, 3.8) is 0 Å². The molecule has 1 N–H and O–H groups in total. The summed E-state index contributed by atoms with van der Waals surface area (Å²) in [5.41, 5.74) is 1.19. The quantitative estimate of drug-likeness (QED) is 0.905. The molecule has 2 aromatic rings. The van der Waals surface area contributed by atoms with Crippen LogP contribution in [0.25, 0.3) is 0 Å². The Kier molecular flexibility index (Phi) is 4.72. The van der Waals surface area contributed by atoms with Gasteiger partial charge in [0, 0.05) is 48.9 Å². The van der Waals surface area contributed by atoms with Crippen LogP contribution in [0.4, 0.5) is 5.95 Å². The van der Waals surface area contributed by atoms with Crippen LogP contribution in [0.5, 0.6) is 5.75 Å². The number of benzene rings is 1. The van der Waals surface area contributed by atoms with Crippen LogP contribution < -0.4 is 15.0 Å². The lowest BCUT2D eigenvalue weighted by Crippen LogP contribution is -2.52. The number of amides is 1. The molecular weight excluding hydrogens is 340 g/mol. The number of nitrogens with one attached hydrogen (secondary N) is 1. The summed E-state index contributed by atoms with van der Waals surface area (Å²) in [6, 6.07) is 10.1. The summed E-state index contributed by atoms with van der Waals surface area (Å²) in [5, 5.41) is 3.01. The van der Waals surface area contributed by atoms with Gasteiger partial charge in [-0.25, -0.2) is 9.97 Å². The highest BCUT2D eigenvalue weighted by molar-refractivity contribution is 5.82. The van der Waals surface area contributed by atoms with Crippen molar-refractivity contribution >= 4 is 11.9 Å². The molecule has 1 amide bonds. The van der Waals surface area contributed by atoms with Crippen LogP contribution in [-0.4, -0.2) is 41.1 Å². The molecule has 3 heterocycles. The van der Waals surface area contributed by atoms with Gasteiger partial charge in [0.15, 0.2) is 6.10 Å². The third-order valence-corrected chi connectivity index (χ3v) is 5.58. The molecule has 2 aliphatic rings. The largest absolute Gasteiger partial charge is 0.480 e. The molecular formula is C21H26N4O2. The van der Waals surface area contributed by atoms with Crippen LogP contribution >= 0.6 is 0 Å². The number of fused-ring (bicyclic) bond motifs is 2. The van der Waals surface area contributed by atoms with E-state index in [1.807, 2.05) is 32.0 Å². The van der Waals surface area contributed by atoms with Gasteiger partial charge in [-0.05, 0) is 38.8 Å². The van der Waals surface area contributed by atoms with Crippen molar-refractivity contribution in [3.8, 4) is 5.75 Å². The summed E-state index contributed by atoms with van der Waals surface area (Å²) < 4.78 is 6.08. The average molecular weight is 366 g/mol. The fraction of sp³-hybridized carbons (Fsp3) is 0.476. The van der Waals surface area contributed by atoms with Crippen molar-refractivity contribution in [2.24, 2.45) is 0 Å². The Morgan fingerprint density at radius 1 is 1.19 bits per heavy atom. The fourth-order valence-electron chi connectivity index (χ4n) is 4.25. The van der Waals surface area contributed by atoms with Crippen molar-refractivity contribution in [1.82, 2.24) is 15.3 Å². The minimum absolute atomic E-state index is 0.0206. The van der Waals surface area contributed by atoms with Crippen molar-refractivity contribution in [2.45, 2.75) is 50.7 Å². The molecule has 0 radical (unpaired) electrons. The van der Waals surface area contributed by atoms with E-state index in [1.165, 1.54) is 5.56 Å². The number of carbonyl (C=O) groups is 1. The van der Waals surface area contributed by atoms with E-state index in [9.17, 15) is 4.79 Å². The van der Waals surface area contributed by atoms with Gasteiger partial charge in [-0.15, -0.1) is 0 Å². The third kappa shape index (κ3) is 3.48. The molecule has 1 fully saturated rings. The predicted molar refractivity (Wildman–Crippen MR) is 104 cm³/mol. The molecule has 1 spiro atoms. The molecule has 4 rings (SSSR count). The zero-order chi connectivity index (χ0) is 18.9. The van der Waals surface area contributed by atoms with Crippen LogP contribution in [0, 0.1) is 0 Å². The van der Waals surface area contributed by atoms with Gasteiger partial charge in [0.1, 0.15) is 5.75 Å². The number of carbonyl (C=O) groups excluding carboxylic acids is 1. The molecule has 2 aliphatic heterocycles. The topological polar surface area (TPSA) is 67.4 Å². The maximum atomic E-state index is 12.7. The van der Waals surface area contributed by atoms with Gasteiger partial charge in [0.2, 0.25) is 5.95 Å². The minimum atomic E-state index is -0.443. The summed E-state index contributed by atoms with van der Waals surface area (Å²) in [6.45, 7) is 5.69. The summed E-state index contributed by atoms with van der Waals surface area (Å²) in [6.07, 6.45) is 5.74. The van der Waals surface area contributed by atoms with Gasteiger partial charge in [-0.1, -0.05) is 18.2 Å². The van der Waals surface area contributed by atoms with E-state index in [0.717, 1.165) is 37.6 Å². The number of hydrogen-bond acceptors (Lipinski definition) is 5. The van der Waals surface area contributed by atoms with Crippen molar-refractivity contribution < 1.29 is 9.53 Å². The molecule has 0 bridgehead atoms. The van der Waals surface area contributed by atoms with Gasteiger partial charge >= 0.3 is 0 Å². The van der Waals surface area contributed by atoms with E-state index in [-0.39, 0.29) is 17.4 Å². The summed E-state index contributed by atoms with van der Waals surface area (Å²) in [4.78, 5) is 23.7. The summed E-state index contributed by atoms with van der Waals surface area (Å²) >= 11 is 0. The summed E-state index contributed by atoms with van der Waals surface area (Å²) in [5.74, 6) is 1.60. The van der Waals surface area contributed by atoms with E-state index in [4.69, 9.17) is 4.74 Å². The first kappa shape index (κ1) is 17.8. The van der Waals surface area contributed by atoms with Crippen molar-refractivity contribution in [1.29, 1.82) is 0 Å². The molecule has 6 heteroatoms. The maximum Gasteiger partial charge on any atom is 0.261 e. The normalized spacial score (nSPS) is 20.9. The predicted octanol–water partition coefficient (Wildman–Crippen LogP) is 2.69. The van der Waals surface area contributed by atoms with Gasteiger partial charge in [-0.3, -0.25) is 4.79 Å². The van der Waals surface area contributed by atoms with E-state index in [2.05, 4.69) is 32.3 Å². The number of aromatic nitrogens is 2. The van der Waals surface area contributed by atoms with Gasteiger partial charge in [0.05, 0.1) is 0 Å². The minimum Gasteiger partial charge on any atom is -0.480 e. The van der Waals surface area contributed by atoms with Crippen molar-refractivity contribution in [2.75, 3.05) is 18.0 Å². The van der Waals surface area contributed by atoms with Gasteiger partial charge in [-0.2, -0.15) is 0 Å². The Morgan fingerprint density at radius 2 is 1.89 bits per heavy atom. The molecule has 6 nitrogen and oxygen atoms in total. The molecule has 1 aromatic heterocycles. The number of nitrogens with zero attached hydrogens (tertiary/aromatic N) is 3. The van der Waals surface area contributed by atoms with Crippen LogP contribution in [0.15, 0.2) is 42.7 Å². The third-order valence-electron chi connectivity index (χ3n) is 5.58. The molecule has 27 heavy (non-hydrogen) atoms. The number of ether oxygens (including phenoxy) is 1.